The van der Waals surface area contributed by atoms with Gasteiger partial charge in [-0.2, -0.15) is 0 Å². The molecule has 0 amide bonds. The van der Waals surface area contributed by atoms with Gasteiger partial charge in [-0.25, -0.2) is 4.98 Å². The van der Waals surface area contributed by atoms with Crippen LogP contribution in [0.5, 0.6) is 0 Å². The zero-order chi connectivity index (χ0) is 10.5. The summed E-state index contributed by atoms with van der Waals surface area (Å²) in [5.41, 5.74) is 3.23. The van der Waals surface area contributed by atoms with Gasteiger partial charge in [0, 0.05) is 5.38 Å². The van der Waals surface area contributed by atoms with E-state index in [1.54, 1.807) is 11.3 Å². The van der Waals surface area contributed by atoms with Crippen molar-refractivity contribution < 1.29 is 0 Å². The van der Waals surface area contributed by atoms with Crippen molar-refractivity contribution in [1.82, 2.24) is 10.3 Å². The van der Waals surface area contributed by atoms with Gasteiger partial charge in [0.2, 0.25) is 0 Å². The first-order valence-electron chi connectivity index (χ1n) is 5.92. The van der Waals surface area contributed by atoms with Crippen LogP contribution in [0, 0.1) is 11.8 Å². The van der Waals surface area contributed by atoms with Crippen LogP contribution in [-0.4, -0.2) is 18.6 Å². The second-order valence-corrected chi connectivity index (χ2v) is 5.26. The molecular weight excluding hydrogens is 204 g/mol. The number of rotatable bonds is 5. The van der Waals surface area contributed by atoms with Crippen molar-refractivity contribution in [2.45, 2.75) is 32.1 Å². The van der Waals surface area contributed by atoms with Crippen LogP contribution in [-0.2, 0) is 6.42 Å². The predicted octanol–water partition coefficient (Wildman–Crippen LogP) is 2.71. The van der Waals surface area contributed by atoms with Crippen molar-refractivity contribution in [2.75, 3.05) is 13.6 Å². The summed E-state index contributed by atoms with van der Waals surface area (Å²) >= 11 is 1.71. The molecular formula is C12H20N2S. The first kappa shape index (κ1) is 11.1. The average molecular weight is 224 g/mol. The maximum absolute atomic E-state index is 4.40. The summed E-state index contributed by atoms with van der Waals surface area (Å²) in [6.45, 7) is 1.14. The summed E-state index contributed by atoms with van der Waals surface area (Å²) in [4.78, 5) is 4.40. The van der Waals surface area contributed by atoms with Gasteiger partial charge in [-0.15, -0.1) is 11.3 Å². The van der Waals surface area contributed by atoms with Crippen molar-refractivity contribution in [3.05, 3.63) is 16.6 Å². The Labute approximate surface area is 96.1 Å². The highest BCUT2D eigenvalue weighted by molar-refractivity contribution is 7.07. The maximum Gasteiger partial charge on any atom is 0.0794 e. The van der Waals surface area contributed by atoms with Crippen LogP contribution in [0.2, 0.25) is 0 Å². The topological polar surface area (TPSA) is 24.9 Å². The first-order chi connectivity index (χ1) is 7.40. The van der Waals surface area contributed by atoms with E-state index in [0.717, 1.165) is 24.8 Å². The van der Waals surface area contributed by atoms with Crippen LogP contribution in [0.15, 0.2) is 10.9 Å². The fourth-order valence-corrected chi connectivity index (χ4v) is 3.27. The monoisotopic (exact) mass is 224 g/mol. The Balaban J connectivity index is 1.93. The zero-order valence-corrected chi connectivity index (χ0v) is 10.2. The quantitative estimate of drug-likeness (QED) is 0.832. The SMILES string of the molecule is CNCC(Cc1cscn1)C1CCCC1. The van der Waals surface area contributed by atoms with Gasteiger partial charge in [-0.3, -0.25) is 0 Å². The Kier molecular flexibility index (Phi) is 4.15. The van der Waals surface area contributed by atoms with Gasteiger partial charge in [0.05, 0.1) is 11.2 Å². The molecule has 1 aliphatic carbocycles. The zero-order valence-electron chi connectivity index (χ0n) is 9.41. The van der Waals surface area contributed by atoms with Crippen LogP contribution in [0.1, 0.15) is 31.4 Å². The van der Waals surface area contributed by atoms with Gasteiger partial charge >= 0.3 is 0 Å². The summed E-state index contributed by atoms with van der Waals surface area (Å²) in [7, 11) is 2.06. The third-order valence-electron chi connectivity index (χ3n) is 3.49. The molecule has 1 N–H and O–H groups in total. The van der Waals surface area contributed by atoms with Gasteiger partial charge in [-0.1, -0.05) is 25.7 Å². The molecule has 1 heterocycles. The molecule has 0 aliphatic heterocycles. The van der Waals surface area contributed by atoms with E-state index < -0.39 is 0 Å². The molecule has 84 valence electrons. The summed E-state index contributed by atoms with van der Waals surface area (Å²) < 4.78 is 0. The van der Waals surface area contributed by atoms with Crippen LogP contribution in [0.3, 0.4) is 0 Å². The normalized spacial score (nSPS) is 19.5. The van der Waals surface area contributed by atoms with Crippen molar-refractivity contribution >= 4 is 11.3 Å². The van der Waals surface area contributed by atoms with Crippen molar-refractivity contribution in [2.24, 2.45) is 11.8 Å². The van der Waals surface area contributed by atoms with E-state index in [0.29, 0.717) is 0 Å². The van der Waals surface area contributed by atoms with E-state index in [2.05, 4.69) is 22.7 Å². The largest absolute Gasteiger partial charge is 0.319 e. The molecule has 0 aromatic carbocycles. The minimum Gasteiger partial charge on any atom is -0.319 e. The first-order valence-corrected chi connectivity index (χ1v) is 6.86. The fourth-order valence-electron chi connectivity index (χ4n) is 2.70. The maximum atomic E-state index is 4.40. The van der Waals surface area contributed by atoms with Gasteiger partial charge in [-0.05, 0) is 31.8 Å². The standard InChI is InChI=1S/C12H20N2S/c1-13-7-11(10-4-2-3-5-10)6-12-8-15-9-14-12/h8-11,13H,2-7H2,1H3. The minimum absolute atomic E-state index is 0.791. The summed E-state index contributed by atoms with van der Waals surface area (Å²) in [5, 5.41) is 5.52. The number of thiazole rings is 1. The molecule has 0 radical (unpaired) electrons. The lowest BCUT2D eigenvalue weighted by atomic mass is 9.87. The van der Waals surface area contributed by atoms with E-state index in [4.69, 9.17) is 0 Å². The molecule has 1 fully saturated rings. The number of hydrogen-bond donors (Lipinski definition) is 1. The number of nitrogens with one attached hydrogen (secondary N) is 1. The Bertz CT molecular complexity index is 265. The number of aromatic nitrogens is 1. The van der Waals surface area contributed by atoms with Gasteiger partial charge in [0.15, 0.2) is 0 Å². The molecule has 15 heavy (non-hydrogen) atoms. The number of hydrogen-bond acceptors (Lipinski definition) is 3. The van der Waals surface area contributed by atoms with Crippen LogP contribution < -0.4 is 5.32 Å². The summed E-state index contributed by atoms with van der Waals surface area (Å²) in [5.74, 6) is 1.72. The van der Waals surface area contributed by atoms with Gasteiger partial charge in [0.1, 0.15) is 0 Å². The molecule has 0 spiro atoms. The van der Waals surface area contributed by atoms with Crippen LogP contribution >= 0.6 is 11.3 Å². The summed E-state index contributed by atoms with van der Waals surface area (Å²) in [6, 6.07) is 0. The molecule has 0 saturated heterocycles. The molecule has 1 saturated carbocycles. The molecule has 2 rings (SSSR count). The third-order valence-corrected chi connectivity index (χ3v) is 4.12. The highest BCUT2D eigenvalue weighted by atomic mass is 32.1. The Hall–Kier alpha value is -0.410. The Morgan fingerprint density at radius 2 is 2.33 bits per heavy atom. The van der Waals surface area contributed by atoms with Gasteiger partial charge < -0.3 is 5.32 Å². The molecule has 2 nitrogen and oxygen atoms in total. The lowest BCUT2D eigenvalue weighted by Crippen LogP contribution is -2.26. The minimum atomic E-state index is 0.791. The molecule has 1 unspecified atom stereocenters. The van der Waals surface area contributed by atoms with Crippen LogP contribution in [0.4, 0.5) is 0 Å². The molecule has 0 bridgehead atoms. The molecule has 1 atom stereocenters. The van der Waals surface area contributed by atoms with E-state index in [9.17, 15) is 0 Å². The predicted molar refractivity (Wildman–Crippen MR) is 65.2 cm³/mol. The highest BCUT2D eigenvalue weighted by Gasteiger charge is 2.24. The van der Waals surface area contributed by atoms with Gasteiger partial charge in [0.25, 0.3) is 0 Å². The van der Waals surface area contributed by atoms with Crippen molar-refractivity contribution in [3.8, 4) is 0 Å². The average Bonchev–Trinajstić information content (AvgIpc) is 2.89. The van der Waals surface area contributed by atoms with E-state index in [-0.39, 0.29) is 0 Å². The fraction of sp³-hybridized carbons (Fsp3) is 0.750. The van der Waals surface area contributed by atoms with E-state index in [1.165, 1.54) is 31.4 Å². The van der Waals surface area contributed by atoms with E-state index in [1.807, 2.05) is 5.51 Å². The Morgan fingerprint density at radius 1 is 1.53 bits per heavy atom. The van der Waals surface area contributed by atoms with E-state index >= 15 is 0 Å². The lowest BCUT2D eigenvalue weighted by Gasteiger charge is -2.22. The third kappa shape index (κ3) is 3.02. The van der Waals surface area contributed by atoms with Crippen LogP contribution in [0.25, 0.3) is 0 Å². The second kappa shape index (κ2) is 5.61. The highest BCUT2D eigenvalue weighted by Crippen LogP contribution is 2.32. The van der Waals surface area contributed by atoms with Crippen molar-refractivity contribution in [3.63, 3.8) is 0 Å². The molecule has 1 aromatic rings. The second-order valence-electron chi connectivity index (χ2n) is 4.55. The summed E-state index contributed by atoms with van der Waals surface area (Å²) in [6.07, 6.45) is 6.88. The molecule has 1 aromatic heterocycles. The molecule has 1 aliphatic rings. The van der Waals surface area contributed by atoms with Crippen molar-refractivity contribution in [1.29, 1.82) is 0 Å². The smallest absolute Gasteiger partial charge is 0.0794 e. The number of nitrogens with zero attached hydrogens (tertiary/aromatic N) is 1. The Morgan fingerprint density at radius 3 is 2.93 bits per heavy atom. The molecule has 3 heteroatoms. The lowest BCUT2D eigenvalue weighted by molar-refractivity contribution is 0.326.